The van der Waals surface area contributed by atoms with Crippen LogP contribution in [0.4, 0.5) is 19.5 Å². The summed E-state index contributed by atoms with van der Waals surface area (Å²) in [5.74, 6) is -0.420. The second kappa shape index (κ2) is 9.49. The second-order valence-electron chi connectivity index (χ2n) is 6.72. The lowest BCUT2D eigenvalue weighted by Crippen LogP contribution is -2.21. The summed E-state index contributed by atoms with van der Waals surface area (Å²) < 4.78 is 34.9. The fourth-order valence-corrected chi connectivity index (χ4v) is 4.90. The topological polar surface area (TPSA) is 59.6 Å². The van der Waals surface area contributed by atoms with Gasteiger partial charge in [-0.15, -0.1) is 11.3 Å². The van der Waals surface area contributed by atoms with Gasteiger partial charge in [0, 0.05) is 4.88 Å². The molecule has 5 nitrogen and oxygen atoms in total. The molecule has 0 spiro atoms. The number of fused-ring (bicyclic) bond motifs is 1. The van der Waals surface area contributed by atoms with Gasteiger partial charge in [-0.1, -0.05) is 12.5 Å². The Labute approximate surface area is 177 Å². The van der Waals surface area contributed by atoms with E-state index in [4.69, 9.17) is 17.0 Å². The minimum Gasteiger partial charge on any atom is -0.465 e. The molecular formula is C20H22F2N2O3S2. The van der Waals surface area contributed by atoms with Crippen LogP contribution in [0, 0.1) is 6.92 Å². The maximum Gasteiger partial charge on any atom is 0.387 e. The molecule has 0 saturated carbocycles. The van der Waals surface area contributed by atoms with Gasteiger partial charge in [-0.25, -0.2) is 4.79 Å². The number of nitrogens with one attached hydrogen (secondary N) is 2. The van der Waals surface area contributed by atoms with E-state index in [1.165, 1.54) is 24.5 Å². The zero-order chi connectivity index (χ0) is 21.0. The summed E-state index contributed by atoms with van der Waals surface area (Å²) in [4.78, 5) is 13.6. The van der Waals surface area contributed by atoms with Crippen molar-refractivity contribution in [1.82, 2.24) is 0 Å². The Kier molecular flexibility index (Phi) is 7.02. The highest BCUT2D eigenvalue weighted by atomic mass is 32.1. The highest BCUT2D eigenvalue weighted by Gasteiger charge is 2.26. The average Bonchev–Trinajstić information content (AvgIpc) is 2.83. The van der Waals surface area contributed by atoms with Gasteiger partial charge in [0.15, 0.2) is 5.11 Å². The van der Waals surface area contributed by atoms with Crippen molar-refractivity contribution in [1.29, 1.82) is 0 Å². The maximum absolute atomic E-state index is 12.7. The summed E-state index contributed by atoms with van der Waals surface area (Å²) in [6, 6.07) is 4.79. The molecule has 1 aromatic heterocycles. The zero-order valence-electron chi connectivity index (χ0n) is 16.1. The zero-order valence-corrected chi connectivity index (χ0v) is 17.8. The van der Waals surface area contributed by atoms with Gasteiger partial charge >= 0.3 is 12.6 Å². The quantitative estimate of drug-likeness (QED) is 0.363. The van der Waals surface area contributed by atoms with Crippen molar-refractivity contribution < 1.29 is 23.0 Å². The van der Waals surface area contributed by atoms with Gasteiger partial charge in [-0.2, -0.15) is 8.78 Å². The number of anilines is 2. The number of thiocarbonyl (C=S) groups is 1. The van der Waals surface area contributed by atoms with Gasteiger partial charge in [0.1, 0.15) is 10.8 Å². The molecule has 1 aromatic carbocycles. The maximum atomic E-state index is 12.7. The number of halogens is 2. The average molecular weight is 441 g/mol. The third-order valence-electron chi connectivity index (χ3n) is 4.64. The molecule has 0 radical (unpaired) electrons. The molecule has 0 bridgehead atoms. The largest absolute Gasteiger partial charge is 0.465 e. The van der Waals surface area contributed by atoms with E-state index in [9.17, 15) is 13.6 Å². The Balaban J connectivity index is 1.85. The third kappa shape index (κ3) is 5.22. The van der Waals surface area contributed by atoms with Crippen LogP contribution in [0.5, 0.6) is 5.75 Å². The first-order valence-electron chi connectivity index (χ1n) is 9.25. The van der Waals surface area contributed by atoms with E-state index < -0.39 is 12.6 Å². The molecule has 1 aliphatic rings. The number of methoxy groups -OCH3 is 1. The van der Waals surface area contributed by atoms with E-state index in [1.807, 2.05) is 6.92 Å². The summed E-state index contributed by atoms with van der Waals surface area (Å²) in [5, 5.41) is 6.72. The van der Waals surface area contributed by atoms with Gasteiger partial charge in [-0.05, 0) is 68.1 Å². The van der Waals surface area contributed by atoms with Crippen molar-refractivity contribution in [3.8, 4) is 5.75 Å². The summed E-state index contributed by atoms with van der Waals surface area (Å²) >= 11 is 6.86. The number of rotatable bonds is 5. The van der Waals surface area contributed by atoms with Gasteiger partial charge in [0.25, 0.3) is 0 Å². The molecule has 156 valence electrons. The van der Waals surface area contributed by atoms with Crippen molar-refractivity contribution in [3.05, 3.63) is 39.8 Å². The third-order valence-corrected chi connectivity index (χ3v) is 6.05. The highest BCUT2D eigenvalue weighted by Crippen LogP contribution is 2.38. The Morgan fingerprint density at radius 1 is 1.21 bits per heavy atom. The van der Waals surface area contributed by atoms with E-state index in [0.29, 0.717) is 16.3 Å². The van der Waals surface area contributed by atoms with Gasteiger partial charge in [0.2, 0.25) is 0 Å². The highest BCUT2D eigenvalue weighted by molar-refractivity contribution is 7.80. The molecule has 0 amide bonds. The number of benzene rings is 1. The van der Waals surface area contributed by atoms with Crippen LogP contribution in [0.3, 0.4) is 0 Å². The van der Waals surface area contributed by atoms with E-state index in [0.717, 1.165) is 48.1 Å². The van der Waals surface area contributed by atoms with Gasteiger partial charge < -0.3 is 20.1 Å². The van der Waals surface area contributed by atoms with E-state index in [1.54, 1.807) is 12.1 Å². The minimum absolute atomic E-state index is 0.00935. The van der Waals surface area contributed by atoms with Crippen molar-refractivity contribution >= 4 is 45.3 Å². The van der Waals surface area contributed by atoms with E-state index >= 15 is 0 Å². The van der Waals surface area contributed by atoms with Crippen LogP contribution in [-0.4, -0.2) is 24.8 Å². The number of ether oxygens (including phenoxy) is 2. The first kappa shape index (κ1) is 21.4. The van der Waals surface area contributed by atoms with Crippen LogP contribution in [0.25, 0.3) is 0 Å². The van der Waals surface area contributed by atoms with Crippen molar-refractivity contribution in [2.24, 2.45) is 0 Å². The molecular weight excluding hydrogens is 418 g/mol. The van der Waals surface area contributed by atoms with Crippen LogP contribution >= 0.6 is 23.6 Å². The summed E-state index contributed by atoms with van der Waals surface area (Å²) in [6.07, 6.45) is 4.96. The first-order chi connectivity index (χ1) is 13.9. The Hall–Kier alpha value is -2.26. The van der Waals surface area contributed by atoms with Crippen LogP contribution in [0.2, 0.25) is 0 Å². The number of aryl methyl sites for hydroxylation is 2. The number of carbonyl (C=O) groups excluding carboxylic acids is 1. The fraction of sp³-hybridized carbons (Fsp3) is 0.400. The SMILES string of the molecule is COC(=O)c1c(NC(=S)Nc2cc(C)ccc2OC(F)F)sc2c1CCCCC2. The van der Waals surface area contributed by atoms with Gasteiger partial charge in [0.05, 0.1) is 18.4 Å². The normalized spacial score (nSPS) is 13.4. The molecule has 0 unspecified atom stereocenters. The second-order valence-corrected chi connectivity index (χ2v) is 8.23. The molecule has 9 heteroatoms. The lowest BCUT2D eigenvalue weighted by molar-refractivity contribution is -0.0493. The number of carbonyl (C=O) groups is 1. The summed E-state index contributed by atoms with van der Waals surface area (Å²) in [5.41, 5.74) is 2.70. The van der Waals surface area contributed by atoms with Crippen LogP contribution in [0.1, 0.15) is 45.6 Å². The number of esters is 1. The Bertz CT molecular complexity index is 915. The molecule has 0 aliphatic heterocycles. The lowest BCUT2D eigenvalue weighted by atomic mass is 10.1. The summed E-state index contributed by atoms with van der Waals surface area (Å²) in [7, 11) is 1.35. The molecule has 2 N–H and O–H groups in total. The fourth-order valence-electron chi connectivity index (χ4n) is 3.35. The molecule has 0 fully saturated rings. The number of hydrogen-bond donors (Lipinski definition) is 2. The standard InChI is InChI=1S/C20H22F2N2O3S2/c1-11-8-9-14(27-19(21)22)13(10-11)23-20(28)24-17-16(18(25)26-2)12-6-4-3-5-7-15(12)29-17/h8-10,19H,3-7H2,1-2H3,(H2,23,24,28). The smallest absolute Gasteiger partial charge is 0.387 e. The number of hydrogen-bond acceptors (Lipinski definition) is 5. The molecule has 1 aliphatic carbocycles. The van der Waals surface area contributed by atoms with Crippen LogP contribution < -0.4 is 15.4 Å². The monoisotopic (exact) mass is 440 g/mol. The van der Waals surface area contributed by atoms with E-state index in [-0.39, 0.29) is 10.9 Å². The van der Waals surface area contributed by atoms with E-state index in [2.05, 4.69) is 15.4 Å². The minimum atomic E-state index is -2.95. The molecule has 1 heterocycles. The Morgan fingerprint density at radius 2 is 1.97 bits per heavy atom. The number of thiophene rings is 1. The molecule has 3 rings (SSSR count). The molecule has 29 heavy (non-hydrogen) atoms. The molecule has 2 aromatic rings. The first-order valence-corrected chi connectivity index (χ1v) is 10.5. The van der Waals surface area contributed by atoms with Crippen molar-refractivity contribution in [2.75, 3.05) is 17.7 Å². The predicted molar refractivity (Wildman–Crippen MR) is 115 cm³/mol. The van der Waals surface area contributed by atoms with Crippen molar-refractivity contribution in [2.45, 2.75) is 45.6 Å². The Morgan fingerprint density at radius 3 is 2.69 bits per heavy atom. The van der Waals surface area contributed by atoms with Gasteiger partial charge in [-0.3, -0.25) is 0 Å². The molecule has 0 atom stereocenters. The van der Waals surface area contributed by atoms with Crippen molar-refractivity contribution in [3.63, 3.8) is 0 Å². The van der Waals surface area contributed by atoms with Crippen LogP contribution in [0.15, 0.2) is 18.2 Å². The molecule has 0 saturated heterocycles. The summed E-state index contributed by atoms with van der Waals surface area (Å²) in [6.45, 7) is -1.11. The predicted octanol–water partition coefficient (Wildman–Crippen LogP) is 5.52. The van der Waals surface area contributed by atoms with Crippen LogP contribution in [-0.2, 0) is 17.6 Å². The number of alkyl halides is 2. The lowest BCUT2D eigenvalue weighted by Gasteiger charge is -2.15.